The third-order valence-electron chi connectivity index (χ3n) is 3.66. The first kappa shape index (κ1) is 12.1. The number of aryl methyl sites for hydroxylation is 1. The first-order chi connectivity index (χ1) is 9.15. The Hall–Kier alpha value is -1.92. The van der Waals surface area contributed by atoms with E-state index in [1.807, 2.05) is 0 Å². The maximum atomic E-state index is 12.2. The van der Waals surface area contributed by atoms with Crippen LogP contribution in [0.1, 0.15) is 24.6 Å². The molecule has 1 atom stereocenters. The molecule has 0 spiro atoms. The van der Waals surface area contributed by atoms with Gasteiger partial charge in [0.2, 0.25) is 17.7 Å². The molecular weight excluding hydrogens is 248 g/mol. The molecule has 0 aromatic carbocycles. The molecule has 3 heterocycles. The van der Waals surface area contributed by atoms with Gasteiger partial charge in [-0.1, -0.05) is 5.16 Å². The zero-order chi connectivity index (χ0) is 13.4. The Labute approximate surface area is 110 Å². The maximum Gasteiger partial charge on any atom is 0.245 e. The molecule has 2 saturated heterocycles. The largest absolute Gasteiger partial charge is 0.339 e. The molecule has 19 heavy (non-hydrogen) atoms. The Bertz CT molecular complexity index is 513. The Kier molecular flexibility index (Phi) is 2.96. The third-order valence-corrected chi connectivity index (χ3v) is 3.66. The van der Waals surface area contributed by atoms with Gasteiger partial charge in [0.1, 0.15) is 6.04 Å². The summed E-state index contributed by atoms with van der Waals surface area (Å²) >= 11 is 0. The number of carbonyl (C=O) groups is 2. The summed E-state index contributed by atoms with van der Waals surface area (Å²) in [4.78, 5) is 31.6. The number of amides is 2. The fraction of sp³-hybridized carbons (Fsp3) is 0.667. The average molecular weight is 264 g/mol. The Morgan fingerprint density at radius 2 is 2.26 bits per heavy atom. The minimum atomic E-state index is -0.245. The number of carbonyl (C=O) groups excluding carboxylic acids is 2. The molecule has 2 aliphatic rings. The van der Waals surface area contributed by atoms with Gasteiger partial charge in [0, 0.05) is 19.5 Å². The monoisotopic (exact) mass is 264 g/mol. The topological polar surface area (TPSA) is 79.5 Å². The van der Waals surface area contributed by atoms with Crippen LogP contribution in [0.5, 0.6) is 0 Å². The molecular formula is C12H16N4O3. The van der Waals surface area contributed by atoms with Crippen molar-refractivity contribution in [3.8, 4) is 0 Å². The molecule has 2 fully saturated rings. The van der Waals surface area contributed by atoms with Crippen LogP contribution in [0.2, 0.25) is 0 Å². The van der Waals surface area contributed by atoms with E-state index in [9.17, 15) is 9.59 Å². The third kappa shape index (κ3) is 2.20. The molecule has 7 nitrogen and oxygen atoms in total. The van der Waals surface area contributed by atoms with E-state index in [2.05, 4.69) is 10.1 Å². The summed E-state index contributed by atoms with van der Waals surface area (Å²) in [5.74, 6) is 1.18. The molecule has 7 heteroatoms. The standard InChI is InChI=1S/C12H16N4O3/c1-8-13-10(19-14-8)4-6-15-7-11(17)16-5-2-3-9(16)12(15)18/h9H,2-7H2,1H3. The second-order valence-electron chi connectivity index (χ2n) is 4.99. The normalized spacial score (nSPS) is 23.1. The number of hydrogen-bond acceptors (Lipinski definition) is 5. The molecule has 0 saturated carbocycles. The zero-order valence-electron chi connectivity index (χ0n) is 10.8. The first-order valence-electron chi connectivity index (χ1n) is 6.52. The van der Waals surface area contributed by atoms with E-state index in [1.54, 1.807) is 16.7 Å². The van der Waals surface area contributed by atoms with Crippen LogP contribution in [0.15, 0.2) is 4.52 Å². The quantitative estimate of drug-likeness (QED) is 0.752. The van der Waals surface area contributed by atoms with Crippen molar-refractivity contribution in [3.63, 3.8) is 0 Å². The second kappa shape index (κ2) is 4.64. The van der Waals surface area contributed by atoms with E-state index in [1.165, 1.54) is 0 Å². The van der Waals surface area contributed by atoms with E-state index in [0.29, 0.717) is 31.2 Å². The van der Waals surface area contributed by atoms with Crippen molar-refractivity contribution in [1.29, 1.82) is 0 Å². The lowest BCUT2D eigenvalue weighted by Crippen LogP contribution is -2.57. The minimum Gasteiger partial charge on any atom is -0.339 e. The van der Waals surface area contributed by atoms with Gasteiger partial charge in [-0.25, -0.2) is 0 Å². The van der Waals surface area contributed by atoms with Crippen LogP contribution >= 0.6 is 0 Å². The van der Waals surface area contributed by atoms with E-state index in [0.717, 1.165) is 12.8 Å². The van der Waals surface area contributed by atoms with Crippen LogP contribution in [-0.2, 0) is 16.0 Å². The molecule has 0 radical (unpaired) electrons. The Morgan fingerprint density at radius 3 is 3.00 bits per heavy atom. The van der Waals surface area contributed by atoms with Gasteiger partial charge < -0.3 is 14.3 Å². The van der Waals surface area contributed by atoms with E-state index >= 15 is 0 Å². The fourth-order valence-corrected chi connectivity index (χ4v) is 2.73. The summed E-state index contributed by atoms with van der Waals surface area (Å²) in [5.41, 5.74) is 0. The lowest BCUT2D eigenvalue weighted by atomic mass is 10.1. The molecule has 0 aliphatic carbocycles. The van der Waals surface area contributed by atoms with E-state index < -0.39 is 0 Å². The number of nitrogens with zero attached hydrogens (tertiary/aromatic N) is 4. The van der Waals surface area contributed by atoms with Crippen molar-refractivity contribution in [3.05, 3.63) is 11.7 Å². The van der Waals surface area contributed by atoms with Crippen molar-refractivity contribution in [2.75, 3.05) is 19.6 Å². The van der Waals surface area contributed by atoms with Gasteiger partial charge in [0.15, 0.2) is 5.82 Å². The highest BCUT2D eigenvalue weighted by Crippen LogP contribution is 2.23. The summed E-state index contributed by atoms with van der Waals surface area (Å²) in [6, 6.07) is -0.245. The maximum absolute atomic E-state index is 12.2. The number of fused-ring (bicyclic) bond motifs is 1. The van der Waals surface area contributed by atoms with Gasteiger partial charge in [-0.2, -0.15) is 4.98 Å². The molecule has 3 rings (SSSR count). The highest BCUT2D eigenvalue weighted by molar-refractivity contribution is 5.95. The van der Waals surface area contributed by atoms with Gasteiger partial charge in [-0.3, -0.25) is 9.59 Å². The molecule has 102 valence electrons. The minimum absolute atomic E-state index is 0.0452. The summed E-state index contributed by atoms with van der Waals surface area (Å²) in [5, 5.41) is 3.70. The van der Waals surface area contributed by atoms with Crippen LogP contribution < -0.4 is 0 Å². The fourth-order valence-electron chi connectivity index (χ4n) is 2.73. The highest BCUT2D eigenvalue weighted by Gasteiger charge is 2.41. The van der Waals surface area contributed by atoms with Gasteiger partial charge >= 0.3 is 0 Å². The van der Waals surface area contributed by atoms with Crippen molar-refractivity contribution >= 4 is 11.8 Å². The second-order valence-corrected chi connectivity index (χ2v) is 4.99. The summed E-state index contributed by atoms with van der Waals surface area (Å²) in [6.45, 7) is 3.09. The summed E-state index contributed by atoms with van der Waals surface area (Å²) in [7, 11) is 0. The van der Waals surface area contributed by atoms with Gasteiger partial charge in [-0.05, 0) is 19.8 Å². The molecule has 1 unspecified atom stereocenters. The highest BCUT2D eigenvalue weighted by atomic mass is 16.5. The predicted molar refractivity (Wildman–Crippen MR) is 64.1 cm³/mol. The molecule has 0 N–H and O–H groups in total. The predicted octanol–water partition coefficient (Wildman–Crippen LogP) is -0.246. The van der Waals surface area contributed by atoms with Gasteiger partial charge in [0.25, 0.3) is 0 Å². The lowest BCUT2D eigenvalue weighted by molar-refractivity contribution is -0.153. The number of piperazine rings is 1. The van der Waals surface area contributed by atoms with Gasteiger partial charge in [0.05, 0.1) is 6.54 Å². The zero-order valence-corrected chi connectivity index (χ0v) is 10.8. The Balaban J connectivity index is 1.64. The molecule has 1 aromatic heterocycles. The molecule has 2 amide bonds. The van der Waals surface area contributed by atoms with Crippen LogP contribution in [-0.4, -0.2) is 57.4 Å². The average Bonchev–Trinajstić information content (AvgIpc) is 3.01. The number of rotatable bonds is 3. The van der Waals surface area contributed by atoms with Crippen molar-refractivity contribution in [1.82, 2.24) is 19.9 Å². The van der Waals surface area contributed by atoms with Crippen molar-refractivity contribution in [2.45, 2.75) is 32.2 Å². The Morgan fingerprint density at radius 1 is 1.42 bits per heavy atom. The number of hydrogen-bond donors (Lipinski definition) is 0. The molecule has 1 aromatic rings. The van der Waals surface area contributed by atoms with E-state index in [-0.39, 0.29) is 24.4 Å². The molecule has 0 bridgehead atoms. The van der Waals surface area contributed by atoms with Gasteiger partial charge in [-0.15, -0.1) is 0 Å². The van der Waals surface area contributed by atoms with Crippen molar-refractivity contribution in [2.24, 2.45) is 0 Å². The molecule has 2 aliphatic heterocycles. The van der Waals surface area contributed by atoms with Crippen molar-refractivity contribution < 1.29 is 14.1 Å². The SMILES string of the molecule is Cc1noc(CCN2CC(=O)N3CCCC3C2=O)n1. The summed E-state index contributed by atoms with van der Waals surface area (Å²) < 4.78 is 5.01. The smallest absolute Gasteiger partial charge is 0.245 e. The summed E-state index contributed by atoms with van der Waals surface area (Å²) in [6.07, 6.45) is 2.19. The number of aromatic nitrogens is 2. The lowest BCUT2D eigenvalue weighted by Gasteiger charge is -2.36. The van der Waals surface area contributed by atoms with Crippen LogP contribution in [0, 0.1) is 6.92 Å². The van der Waals surface area contributed by atoms with E-state index in [4.69, 9.17) is 4.52 Å². The van der Waals surface area contributed by atoms with Crippen LogP contribution in [0.4, 0.5) is 0 Å². The van der Waals surface area contributed by atoms with Crippen LogP contribution in [0.25, 0.3) is 0 Å². The van der Waals surface area contributed by atoms with Crippen LogP contribution in [0.3, 0.4) is 0 Å². The first-order valence-corrected chi connectivity index (χ1v) is 6.52.